The molecule has 0 rings (SSSR count). The Balaban J connectivity index is -0.000000602. The van der Waals surface area contributed by atoms with Crippen molar-refractivity contribution < 1.29 is 22.7 Å². The number of rotatable bonds is 10. The van der Waals surface area contributed by atoms with Gasteiger partial charge in [0.25, 0.3) is 0 Å². The zero-order valence-electron chi connectivity index (χ0n) is 16.0. The van der Waals surface area contributed by atoms with E-state index in [4.69, 9.17) is 10.2 Å². The molecular weight excluding hydrogens is 394 g/mol. The Labute approximate surface area is 172 Å². The van der Waals surface area contributed by atoms with Gasteiger partial charge < -0.3 is 13.1 Å². The molecule has 1 atom stereocenters. The summed E-state index contributed by atoms with van der Waals surface area (Å²) in [6.07, 6.45) is 6.95. The van der Waals surface area contributed by atoms with Crippen LogP contribution in [0.1, 0.15) is 75.5 Å². The van der Waals surface area contributed by atoms with Crippen molar-refractivity contribution in [1.29, 1.82) is 0 Å². The Hall–Kier alpha value is 0.511. The Bertz CT molecular complexity index is 306. The van der Waals surface area contributed by atoms with Crippen molar-refractivity contribution in [3.63, 3.8) is 0 Å². The summed E-state index contributed by atoms with van der Waals surface area (Å²) in [5.41, 5.74) is -0.0616. The minimum Gasteiger partial charge on any atom is -1.00 e. The molecule has 0 radical (unpaired) electrons. The summed E-state index contributed by atoms with van der Waals surface area (Å²) in [7, 11) is 0. The number of unbranched alkanes of at least 4 members (excludes halogenated alkanes) is 4. The normalized spacial score (nSPS) is 12.8. The fourth-order valence-corrected chi connectivity index (χ4v) is 2.49. The van der Waals surface area contributed by atoms with Gasteiger partial charge in [-0.3, -0.25) is 9.59 Å². The van der Waals surface area contributed by atoms with Crippen molar-refractivity contribution in [2.75, 3.05) is 0 Å². The van der Waals surface area contributed by atoms with Gasteiger partial charge in [0.15, 0.2) is 5.92 Å². The van der Waals surface area contributed by atoms with Gasteiger partial charge in [0.1, 0.15) is 0 Å². The molecule has 122 valence electrons. The third-order valence-corrected chi connectivity index (χ3v) is 4.00. The molecule has 4 nitrogen and oxygen atoms in total. The van der Waals surface area contributed by atoms with Gasteiger partial charge in [0.2, 0.25) is 0 Å². The second kappa shape index (κ2) is 12.0. The molecular formula is C16H32BaO4. The molecule has 0 saturated carbocycles. The maximum Gasteiger partial charge on any atom is 2.00 e. The first-order valence-corrected chi connectivity index (χ1v) is 7.65. The van der Waals surface area contributed by atoms with Crippen LogP contribution in [0.3, 0.4) is 0 Å². The quantitative estimate of drug-likeness (QED) is 0.315. The first kappa shape index (κ1) is 23.8. The van der Waals surface area contributed by atoms with Crippen LogP contribution < -0.4 is 0 Å². The van der Waals surface area contributed by atoms with Crippen molar-refractivity contribution in [2.24, 2.45) is 17.3 Å². The van der Waals surface area contributed by atoms with Gasteiger partial charge in [-0.25, -0.2) is 0 Å². The largest absolute Gasteiger partial charge is 2.00 e. The van der Waals surface area contributed by atoms with Crippen LogP contribution in [0.4, 0.5) is 0 Å². The zero-order valence-corrected chi connectivity index (χ0v) is 18.5. The number of hydrogen-bond donors (Lipinski definition) is 2. The first-order valence-electron chi connectivity index (χ1n) is 7.65. The van der Waals surface area contributed by atoms with Crippen LogP contribution in [0.15, 0.2) is 0 Å². The summed E-state index contributed by atoms with van der Waals surface area (Å²) in [4.78, 5) is 22.1. The van der Waals surface area contributed by atoms with E-state index in [0.29, 0.717) is 0 Å². The van der Waals surface area contributed by atoms with E-state index in [9.17, 15) is 9.59 Å². The van der Waals surface area contributed by atoms with Crippen LogP contribution in [-0.4, -0.2) is 71.0 Å². The molecule has 0 aromatic heterocycles. The number of carboxylic acid groups (broad SMARTS) is 2. The molecule has 0 heterocycles. The van der Waals surface area contributed by atoms with Gasteiger partial charge in [-0.15, -0.1) is 0 Å². The van der Waals surface area contributed by atoms with E-state index in [1.807, 2.05) is 0 Å². The predicted molar refractivity (Wildman–Crippen MR) is 87.7 cm³/mol. The Morgan fingerprint density at radius 1 is 1.00 bits per heavy atom. The molecule has 0 spiro atoms. The molecule has 21 heavy (non-hydrogen) atoms. The molecule has 0 aliphatic heterocycles. The van der Waals surface area contributed by atoms with Gasteiger partial charge in [0, 0.05) is 0 Å². The number of hydrogen-bond acceptors (Lipinski definition) is 2. The standard InChI is InChI=1S/C16H30O4.Ba.2H/c1-5-6-7-8-9-10-12(16(2,3)4)11-13(14(17)18)15(19)20;;;/h12-13H,5-11H2,1-4H3,(H,17,18)(H,19,20);;;/q;+2;2*-1. The van der Waals surface area contributed by atoms with E-state index in [-0.39, 0.29) is 69.5 Å². The monoisotopic (exact) mass is 426 g/mol. The van der Waals surface area contributed by atoms with Crippen LogP contribution in [0, 0.1) is 17.3 Å². The van der Waals surface area contributed by atoms with Crippen molar-refractivity contribution in [3.8, 4) is 0 Å². The van der Waals surface area contributed by atoms with Gasteiger partial charge >= 0.3 is 60.8 Å². The van der Waals surface area contributed by atoms with E-state index in [2.05, 4.69) is 27.7 Å². The van der Waals surface area contributed by atoms with Gasteiger partial charge in [-0.2, -0.15) is 0 Å². The molecule has 5 heteroatoms. The van der Waals surface area contributed by atoms with Crippen LogP contribution in [0.25, 0.3) is 0 Å². The molecule has 0 fully saturated rings. The van der Waals surface area contributed by atoms with Crippen molar-refractivity contribution in [3.05, 3.63) is 0 Å². The molecule has 0 aliphatic rings. The molecule has 0 aromatic rings. The summed E-state index contributed by atoms with van der Waals surface area (Å²) < 4.78 is 0. The topological polar surface area (TPSA) is 74.6 Å². The fourth-order valence-electron chi connectivity index (χ4n) is 2.49. The summed E-state index contributed by atoms with van der Waals surface area (Å²) in [5.74, 6) is -3.60. The number of carbonyl (C=O) groups is 2. The second-order valence-corrected chi connectivity index (χ2v) is 6.73. The van der Waals surface area contributed by atoms with Crippen molar-refractivity contribution >= 4 is 60.8 Å². The minimum absolute atomic E-state index is 0. The van der Waals surface area contributed by atoms with Crippen molar-refractivity contribution in [1.82, 2.24) is 0 Å². The summed E-state index contributed by atoms with van der Waals surface area (Å²) >= 11 is 0. The van der Waals surface area contributed by atoms with Crippen LogP contribution in [0.5, 0.6) is 0 Å². The van der Waals surface area contributed by atoms with E-state index >= 15 is 0 Å². The Kier molecular flexibility index (Phi) is 13.6. The van der Waals surface area contributed by atoms with Crippen LogP contribution >= 0.6 is 0 Å². The smallest absolute Gasteiger partial charge is 1.00 e. The number of aliphatic carboxylic acids is 2. The fraction of sp³-hybridized carbons (Fsp3) is 0.875. The van der Waals surface area contributed by atoms with Gasteiger partial charge in [0.05, 0.1) is 0 Å². The summed E-state index contributed by atoms with van der Waals surface area (Å²) in [6.45, 7) is 8.35. The Morgan fingerprint density at radius 2 is 1.48 bits per heavy atom. The SMILES string of the molecule is CCCCCCCC(CC(C(=O)O)C(=O)O)C(C)(C)C.[Ba+2].[H-].[H-]. The average Bonchev–Trinajstić information content (AvgIpc) is 2.29. The van der Waals surface area contributed by atoms with Crippen LogP contribution in [0.2, 0.25) is 0 Å². The third-order valence-electron chi connectivity index (χ3n) is 4.00. The molecule has 0 aromatic carbocycles. The van der Waals surface area contributed by atoms with Crippen LogP contribution in [-0.2, 0) is 9.59 Å². The summed E-state index contributed by atoms with van der Waals surface area (Å²) in [5, 5.41) is 18.0. The van der Waals surface area contributed by atoms with Crippen molar-refractivity contribution in [2.45, 2.75) is 72.6 Å². The molecule has 1 unspecified atom stereocenters. The summed E-state index contributed by atoms with van der Waals surface area (Å²) in [6, 6.07) is 0. The maximum absolute atomic E-state index is 11.0. The number of carboxylic acids is 2. The molecule has 2 N–H and O–H groups in total. The zero-order chi connectivity index (χ0) is 15.8. The first-order chi connectivity index (χ1) is 9.20. The molecule has 0 bridgehead atoms. The van der Waals surface area contributed by atoms with Gasteiger partial charge in [-0.05, 0) is 24.2 Å². The van der Waals surface area contributed by atoms with E-state index in [1.54, 1.807) is 0 Å². The molecule has 0 saturated heterocycles. The maximum atomic E-state index is 11.0. The van der Waals surface area contributed by atoms with E-state index < -0.39 is 17.9 Å². The Morgan fingerprint density at radius 3 is 1.86 bits per heavy atom. The minimum atomic E-state index is -1.28. The second-order valence-electron chi connectivity index (χ2n) is 6.73. The third kappa shape index (κ3) is 10.8. The molecule has 0 aliphatic carbocycles. The average molecular weight is 426 g/mol. The predicted octanol–water partition coefficient (Wildman–Crippen LogP) is 4.03. The van der Waals surface area contributed by atoms with Gasteiger partial charge in [-0.1, -0.05) is 59.8 Å². The molecule has 0 amide bonds. The van der Waals surface area contributed by atoms with E-state index in [1.165, 1.54) is 19.3 Å². The van der Waals surface area contributed by atoms with E-state index in [0.717, 1.165) is 19.3 Å².